The monoisotopic (exact) mass is 211 g/mol. The number of nitrogens with one attached hydrogen (secondary N) is 1. The Labute approximate surface area is 89.4 Å². The summed E-state index contributed by atoms with van der Waals surface area (Å²) in [7, 11) is 1.71. The van der Waals surface area contributed by atoms with Gasteiger partial charge in [-0.2, -0.15) is 0 Å². The Morgan fingerprint density at radius 3 is 3.00 bits per heavy atom. The molecule has 1 aliphatic heterocycles. The zero-order chi connectivity index (χ0) is 11.3. The number of aliphatic imine (C=N–C) groups is 1. The summed E-state index contributed by atoms with van der Waals surface area (Å²) in [4.78, 5) is 15.5. The number of carbonyl (C=O) groups is 1. The first-order valence-corrected chi connectivity index (χ1v) is 5.03. The second-order valence-corrected chi connectivity index (χ2v) is 3.21. The number of hydrogen-bond donors (Lipinski definition) is 2. The molecule has 1 fully saturated rings. The van der Waals surface area contributed by atoms with Gasteiger partial charge >= 0.3 is 5.97 Å². The van der Waals surface area contributed by atoms with Gasteiger partial charge in [0.2, 0.25) is 0 Å². The van der Waals surface area contributed by atoms with Crippen molar-refractivity contribution in [2.45, 2.75) is 13.3 Å². The van der Waals surface area contributed by atoms with Crippen molar-refractivity contribution in [3.63, 3.8) is 0 Å². The molecular weight excluding hydrogens is 194 g/mol. The number of nitrogens with zero attached hydrogens (tertiary/aromatic N) is 1. The van der Waals surface area contributed by atoms with E-state index < -0.39 is 5.97 Å². The zero-order valence-corrected chi connectivity index (χ0v) is 9.17. The number of piperidine rings is 1. The summed E-state index contributed by atoms with van der Waals surface area (Å²) < 4.78 is 4.85. The summed E-state index contributed by atoms with van der Waals surface area (Å²) >= 11 is 0. The summed E-state index contributed by atoms with van der Waals surface area (Å²) in [6.07, 6.45) is 0.798. The molecule has 0 aromatic rings. The molecule has 0 atom stereocenters. The Morgan fingerprint density at radius 2 is 2.40 bits per heavy atom. The minimum Gasteiger partial charge on any atom is -0.461 e. The van der Waals surface area contributed by atoms with E-state index in [-0.39, 0.29) is 5.70 Å². The molecule has 0 radical (unpaired) electrons. The van der Waals surface area contributed by atoms with Crippen molar-refractivity contribution in [2.24, 2.45) is 10.7 Å². The van der Waals surface area contributed by atoms with E-state index in [1.165, 1.54) is 0 Å². The molecule has 0 aliphatic carbocycles. The number of nitrogens with two attached hydrogens (primary N) is 1. The number of rotatable bonds is 2. The van der Waals surface area contributed by atoms with Crippen molar-refractivity contribution in [1.29, 1.82) is 0 Å². The van der Waals surface area contributed by atoms with Crippen LogP contribution in [0.4, 0.5) is 0 Å². The second-order valence-electron chi connectivity index (χ2n) is 3.21. The van der Waals surface area contributed by atoms with E-state index in [0.717, 1.165) is 24.3 Å². The highest BCUT2D eigenvalue weighted by Crippen LogP contribution is 2.10. The predicted octanol–water partition coefficient (Wildman–Crippen LogP) is -0.174. The lowest BCUT2D eigenvalue weighted by atomic mass is 10.0. The molecule has 1 saturated heterocycles. The summed E-state index contributed by atoms with van der Waals surface area (Å²) in [5.74, 6) is -0.461. The first kappa shape index (κ1) is 11.7. The maximum atomic E-state index is 11.4. The third kappa shape index (κ3) is 2.79. The standard InChI is InChI=1S/C10H17N3O2/c1-3-15-10(14)9(11)7-6-13-5-4-8(7)12-2/h13H,3-6,11H2,1-2H3/b9-7-,12-8?. The summed E-state index contributed by atoms with van der Waals surface area (Å²) in [5, 5.41) is 3.15. The molecular formula is C10H17N3O2. The van der Waals surface area contributed by atoms with Gasteiger partial charge in [-0.25, -0.2) is 4.79 Å². The average Bonchev–Trinajstić information content (AvgIpc) is 2.28. The van der Waals surface area contributed by atoms with Gasteiger partial charge in [0.1, 0.15) is 5.70 Å². The zero-order valence-electron chi connectivity index (χ0n) is 9.17. The van der Waals surface area contributed by atoms with Gasteiger partial charge in [-0.3, -0.25) is 4.99 Å². The molecule has 0 saturated carbocycles. The van der Waals surface area contributed by atoms with E-state index in [9.17, 15) is 4.79 Å². The van der Waals surface area contributed by atoms with E-state index in [4.69, 9.17) is 10.5 Å². The van der Waals surface area contributed by atoms with Crippen LogP contribution in [-0.4, -0.2) is 38.4 Å². The van der Waals surface area contributed by atoms with E-state index in [0.29, 0.717) is 13.2 Å². The van der Waals surface area contributed by atoms with Crippen molar-refractivity contribution >= 4 is 11.7 Å². The first-order chi connectivity index (χ1) is 7.20. The van der Waals surface area contributed by atoms with Gasteiger partial charge in [-0.15, -0.1) is 0 Å². The van der Waals surface area contributed by atoms with Crippen molar-refractivity contribution in [1.82, 2.24) is 5.32 Å². The van der Waals surface area contributed by atoms with E-state index in [1.807, 2.05) is 0 Å². The fraction of sp³-hybridized carbons (Fsp3) is 0.600. The van der Waals surface area contributed by atoms with E-state index >= 15 is 0 Å². The summed E-state index contributed by atoms with van der Waals surface area (Å²) in [6, 6.07) is 0. The average molecular weight is 211 g/mol. The van der Waals surface area contributed by atoms with Crippen LogP contribution in [0.1, 0.15) is 13.3 Å². The van der Waals surface area contributed by atoms with Crippen LogP contribution in [0.3, 0.4) is 0 Å². The maximum absolute atomic E-state index is 11.4. The lowest BCUT2D eigenvalue weighted by Gasteiger charge is -2.19. The molecule has 0 unspecified atom stereocenters. The Morgan fingerprint density at radius 1 is 1.67 bits per heavy atom. The van der Waals surface area contributed by atoms with Crippen molar-refractivity contribution in [3.05, 3.63) is 11.3 Å². The lowest BCUT2D eigenvalue weighted by molar-refractivity contribution is -0.138. The highest BCUT2D eigenvalue weighted by Gasteiger charge is 2.19. The predicted molar refractivity (Wildman–Crippen MR) is 58.7 cm³/mol. The van der Waals surface area contributed by atoms with Crippen LogP contribution in [0.15, 0.2) is 16.3 Å². The molecule has 0 aromatic heterocycles. The maximum Gasteiger partial charge on any atom is 0.354 e. The van der Waals surface area contributed by atoms with E-state index in [2.05, 4.69) is 10.3 Å². The molecule has 0 amide bonds. The molecule has 0 spiro atoms. The third-order valence-electron chi connectivity index (χ3n) is 2.28. The Bertz CT molecular complexity index is 308. The molecule has 15 heavy (non-hydrogen) atoms. The summed E-state index contributed by atoms with van der Waals surface area (Å²) in [5.41, 5.74) is 7.55. The van der Waals surface area contributed by atoms with Crippen LogP contribution < -0.4 is 11.1 Å². The fourth-order valence-electron chi connectivity index (χ4n) is 1.50. The van der Waals surface area contributed by atoms with Gasteiger partial charge in [0.25, 0.3) is 0 Å². The Balaban J connectivity index is 2.89. The normalized spacial score (nSPS) is 22.7. The van der Waals surface area contributed by atoms with E-state index in [1.54, 1.807) is 14.0 Å². The Hall–Kier alpha value is -1.36. The van der Waals surface area contributed by atoms with Gasteiger partial charge in [-0.05, 0) is 6.92 Å². The van der Waals surface area contributed by atoms with Crippen LogP contribution in [0.25, 0.3) is 0 Å². The third-order valence-corrected chi connectivity index (χ3v) is 2.28. The topological polar surface area (TPSA) is 76.7 Å². The molecule has 1 heterocycles. The molecule has 84 valence electrons. The van der Waals surface area contributed by atoms with Crippen LogP contribution in [-0.2, 0) is 9.53 Å². The first-order valence-electron chi connectivity index (χ1n) is 5.03. The number of ether oxygens (including phenoxy) is 1. The van der Waals surface area contributed by atoms with Gasteiger partial charge < -0.3 is 15.8 Å². The quantitative estimate of drug-likeness (QED) is 0.491. The largest absolute Gasteiger partial charge is 0.461 e. The molecule has 0 aromatic carbocycles. The minimum absolute atomic E-state index is 0.171. The number of hydrogen-bond acceptors (Lipinski definition) is 5. The molecule has 1 aliphatic rings. The van der Waals surface area contributed by atoms with Crippen molar-refractivity contribution in [2.75, 3.05) is 26.7 Å². The number of carbonyl (C=O) groups excluding carboxylic acids is 1. The van der Waals surface area contributed by atoms with Crippen LogP contribution in [0, 0.1) is 0 Å². The van der Waals surface area contributed by atoms with Crippen LogP contribution >= 0.6 is 0 Å². The molecule has 3 N–H and O–H groups in total. The highest BCUT2D eigenvalue weighted by molar-refractivity contribution is 6.07. The smallest absolute Gasteiger partial charge is 0.354 e. The van der Waals surface area contributed by atoms with Crippen molar-refractivity contribution < 1.29 is 9.53 Å². The highest BCUT2D eigenvalue weighted by atomic mass is 16.5. The molecule has 0 bridgehead atoms. The van der Waals surface area contributed by atoms with Gasteiger partial charge in [-0.1, -0.05) is 0 Å². The fourth-order valence-corrected chi connectivity index (χ4v) is 1.50. The lowest BCUT2D eigenvalue weighted by Crippen LogP contribution is -2.34. The van der Waals surface area contributed by atoms with Crippen molar-refractivity contribution in [3.8, 4) is 0 Å². The number of esters is 1. The molecule has 1 rings (SSSR count). The van der Waals surface area contributed by atoms with Gasteiger partial charge in [0.15, 0.2) is 0 Å². The second kappa shape index (κ2) is 5.50. The van der Waals surface area contributed by atoms with Crippen LogP contribution in [0.5, 0.6) is 0 Å². The molecule has 5 nitrogen and oxygen atoms in total. The minimum atomic E-state index is -0.461. The van der Waals surface area contributed by atoms with Crippen LogP contribution in [0.2, 0.25) is 0 Å². The SMILES string of the molecule is CCOC(=O)/C(N)=C1\CNCCC1=NC. The molecule has 5 heteroatoms. The van der Waals surface area contributed by atoms with Gasteiger partial charge in [0, 0.05) is 37.8 Å². The summed E-state index contributed by atoms with van der Waals surface area (Å²) in [6.45, 7) is 3.53. The Kier molecular flexibility index (Phi) is 4.30. The van der Waals surface area contributed by atoms with Gasteiger partial charge in [0.05, 0.1) is 6.61 Å².